The number of carbonyl (C=O) groups excluding carboxylic acids is 1. The van der Waals surface area contributed by atoms with Crippen LogP contribution in [0.2, 0.25) is 0 Å². The van der Waals surface area contributed by atoms with Crippen LogP contribution in [0.3, 0.4) is 0 Å². The zero-order valence-electron chi connectivity index (χ0n) is 10.1. The lowest BCUT2D eigenvalue weighted by atomic mass is 10.2. The van der Waals surface area contributed by atoms with Crippen molar-refractivity contribution in [3.05, 3.63) is 35.5 Å². The number of nitrogens with one attached hydrogen (secondary N) is 1. The molecule has 1 aromatic heterocycles. The van der Waals surface area contributed by atoms with Crippen LogP contribution < -0.4 is 11.1 Å². The van der Waals surface area contributed by atoms with Gasteiger partial charge in [-0.25, -0.2) is 0 Å². The Kier molecular flexibility index (Phi) is 2.93. The first-order valence-corrected chi connectivity index (χ1v) is 5.38. The predicted octanol–water partition coefficient (Wildman–Crippen LogP) is 1.27. The van der Waals surface area contributed by atoms with Crippen molar-refractivity contribution in [2.24, 2.45) is 7.05 Å². The van der Waals surface area contributed by atoms with Crippen molar-refractivity contribution in [2.75, 3.05) is 11.1 Å². The summed E-state index contributed by atoms with van der Waals surface area (Å²) >= 11 is 0. The third kappa shape index (κ3) is 2.13. The fourth-order valence-corrected chi connectivity index (χ4v) is 1.65. The molecule has 0 aliphatic rings. The van der Waals surface area contributed by atoms with Gasteiger partial charge in [0.25, 0.3) is 5.91 Å². The molecule has 0 spiro atoms. The molecule has 18 heavy (non-hydrogen) atoms. The molecule has 0 atom stereocenters. The van der Waals surface area contributed by atoms with Crippen LogP contribution >= 0.6 is 0 Å². The SMILES string of the molecule is Cc1nn(C)c(NC(=O)c2cccc(O)c2)c1N. The molecule has 0 saturated heterocycles. The number of benzene rings is 1. The summed E-state index contributed by atoms with van der Waals surface area (Å²) in [4.78, 5) is 12.0. The van der Waals surface area contributed by atoms with E-state index in [0.29, 0.717) is 22.8 Å². The van der Waals surface area contributed by atoms with Crippen LogP contribution in [0.15, 0.2) is 24.3 Å². The molecule has 94 valence electrons. The molecular weight excluding hydrogens is 232 g/mol. The molecule has 1 aromatic carbocycles. The topological polar surface area (TPSA) is 93.2 Å². The number of carbonyl (C=O) groups is 1. The van der Waals surface area contributed by atoms with Gasteiger partial charge < -0.3 is 16.2 Å². The number of anilines is 2. The van der Waals surface area contributed by atoms with Crippen LogP contribution in [0.4, 0.5) is 11.5 Å². The molecule has 1 heterocycles. The van der Waals surface area contributed by atoms with Gasteiger partial charge in [-0.05, 0) is 25.1 Å². The fraction of sp³-hybridized carbons (Fsp3) is 0.167. The van der Waals surface area contributed by atoms with Gasteiger partial charge >= 0.3 is 0 Å². The number of phenols is 1. The van der Waals surface area contributed by atoms with E-state index >= 15 is 0 Å². The van der Waals surface area contributed by atoms with Gasteiger partial charge in [0, 0.05) is 12.6 Å². The zero-order valence-corrected chi connectivity index (χ0v) is 10.1. The predicted molar refractivity (Wildman–Crippen MR) is 68.4 cm³/mol. The minimum absolute atomic E-state index is 0.0387. The van der Waals surface area contributed by atoms with Crippen molar-refractivity contribution in [1.29, 1.82) is 0 Å². The Morgan fingerprint density at radius 2 is 2.22 bits per heavy atom. The largest absolute Gasteiger partial charge is 0.508 e. The molecule has 0 aliphatic carbocycles. The van der Waals surface area contributed by atoms with Crippen molar-refractivity contribution in [1.82, 2.24) is 9.78 Å². The first-order valence-electron chi connectivity index (χ1n) is 5.38. The summed E-state index contributed by atoms with van der Waals surface area (Å²) in [6, 6.07) is 6.09. The number of rotatable bonds is 2. The number of aromatic nitrogens is 2. The normalized spacial score (nSPS) is 10.3. The van der Waals surface area contributed by atoms with Crippen LogP contribution in [-0.4, -0.2) is 20.8 Å². The Hall–Kier alpha value is -2.50. The Balaban J connectivity index is 2.27. The molecule has 0 unspecified atom stereocenters. The van der Waals surface area contributed by atoms with E-state index in [4.69, 9.17) is 5.73 Å². The lowest BCUT2D eigenvalue weighted by Gasteiger charge is -2.06. The highest BCUT2D eigenvalue weighted by Crippen LogP contribution is 2.22. The summed E-state index contributed by atoms with van der Waals surface area (Å²) < 4.78 is 1.51. The van der Waals surface area contributed by atoms with Gasteiger partial charge in [0.2, 0.25) is 0 Å². The maximum atomic E-state index is 12.0. The van der Waals surface area contributed by atoms with Gasteiger partial charge in [-0.15, -0.1) is 0 Å². The van der Waals surface area contributed by atoms with Crippen LogP contribution in [0.1, 0.15) is 16.1 Å². The van der Waals surface area contributed by atoms with E-state index in [1.54, 1.807) is 26.1 Å². The lowest BCUT2D eigenvalue weighted by Crippen LogP contribution is -2.15. The molecule has 0 fully saturated rings. The number of nitrogen functional groups attached to an aromatic ring is 1. The highest BCUT2D eigenvalue weighted by molar-refractivity contribution is 6.05. The number of amides is 1. The van der Waals surface area contributed by atoms with Crippen LogP contribution in [0.25, 0.3) is 0 Å². The second kappa shape index (κ2) is 4.40. The molecule has 0 saturated carbocycles. The number of hydrogen-bond acceptors (Lipinski definition) is 4. The van der Waals surface area contributed by atoms with E-state index < -0.39 is 0 Å². The Morgan fingerprint density at radius 1 is 1.50 bits per heavy atom. The second-order valence-electron chi connectivity index (χ2n) is 3.98. The number of aryl methyl sites for hydroxylation is 2. The molecule has 1 amide bonds. The van der Waals surface area contributed by atoms with E-state index in [1.807, 2.05) is 0 Å². The first-order chi connectivity index (χ1) is 8.49. The molecule has 2 rings (SSSR count). The van der Waals surface area contributed by atoms with Gasteiger partial charge in [-0.1, -0.05) is 6.07 Å². The Bertz CT molecular complexity index is 604. The molecule has 2 aromatic rings. The minimum atomic E-state index is -0.347. The summed E-state index contributed by atoms with van der Waals surface area (Å²) in [5.41, 5.74) is 7.26. The van der Waals surface area contributed by atoms with E-state index in [2.05, 4.69) is 10.4 Å². The summed E-state index contributed by atoms with van der Waals surface area (Å²) in [5.74, 6) is 0.137. The quantitative estimate of drug-likeness (QED) is 0.743. The summed E-state index contributed by atoms with van der Waals surface area (Å²) in [7, 11) is 1.70. The highest BCUT2D eigenvalue weighted by atomic mass is 16.3. The number of phenolic OH excluding ortho intramolecular Hbond substituents is 1. The van der Waals surface area contributed by atoms with Gasteiger partial charge in [-0.2, -0.15) is 5.10 Å². The van der Waals surface area contributed by atoms with Gasteiger partial charge in [-0.3, -0.25) is 9.48 Å². The number of aromatic hydroxyl groups is 1. The van der Waals surface area contributed by atoms with Crippen molar-refractivity contribution in [3.8, 4) is 5.75 Å². The minimum Gasteiger partial charge on any atom is -0.508 e. The second-order valence-corrected chi connectivity index (χ2v) is 3.98. The maximum absolute atomic E-state index is 12.0. The molecule has 0 aliphatic heterocycles. The average molecular weight is 246 g/mol. The summed E-state index contributed by atoms with van der Waals surface area (Å²) in [5, 5.41) is 16.1. The van der Waals surface area contributed by atoms with Crippen LogP contribution in [0, 0.1) is 6.92 Å². The maximum Gasteiger partial charge on any atom is 0.257 e. The van der Waals surface area contributed by atoms with Gasteiger partial charge in [0.1, 0.15) is 5.75 Å². The zero-order chi connectivity index (χ0) is 13.3. The third-order valence-electron chi connectivity index (χ3n) is 2.61. The number of nitrogens with two attached hydrogens (primary N) is 1. The third-order valence-corrected chi connectivity index (χ3v) is 2.61. The van der Waals surface area contributed by atoms with E-state index in [1.165, 1.54) is 16.8 Å². The molecule has 0 bridgehead atoms. The molecule has 6 nitrogen and oxygen atoms in total. The molecular formula is C12H14N4O2. The molecule has 6 heteroatoms. The van der Waals surface area contributed by atoms with Crippen molar-refractivity contribution in [2.45, 2.75) is 6.92 Å². The monoisotopic (exact) mass is 246 g/mol. The average Bonchev–Trinajstić information content (AvgIpc) is 2.56. The Morgan fingerprint density at radius 3 is 2.78 bits per heavy atom. The number of nitrogens with zero attached hydrogens (tertiary/aromatic N) is 2. The van der Waals surface area contributed by atoms with Crippen molar-refractivity contribution >= 4 is 17.4 Å². The van der Waals surface area contributed by atoms with Crippen LogP contribution in [-0.2, 0) is 7.05 Å². The summed E-state index contributed by atoms with van der Waals surface area (Å²) in [6.45, 7) is 1.76. The highest BCUT2D eigenvalue weighted by Gasteiger charge is 2.14. The van der Waals surface area contributed by atoms with Crippen molar-refractivity contribution in [3.63, 3.8) is 0 Å². The van der Waals surface area contributed by atoms with Gasteiger partial charge in [0.05, 0.1) is 11.4 Å². The fourth-order valence-electron chi connectivity index (χ4n) is 1.65. The standard InChI is InChI=1S/C12H14N4O2/c1-7-10(13)11(16(2)15-7)14-12(18)8-4-3-5-9(17)6-8/h3-6,17H,13H2,1-2H3,(H,14,18). The van der Waals surface area contributed by atoms with E-state index in [0.717, 1.165) is 0 Å². The smallest absolute Gasteiger partial charge is 0.257 e. The number of hydrogen-bond donors (Lipinski definition) is 3. The molecule has 0 radical (unpaired) electrons. The molecule has 4 N–H and O–H groups in total. The van der Waals surface area contributed by atoms with E-state index in [-0.39, 0.29) is 11.7 Å². The Labute approximate surface area is 104 Å². The van der Waals surface area contributed by atoms with Crippen molar-refractivity contribution < 1.29 is 9.90 Å². The van der Waals surface area contributed by atoms with E-state index in [9.17, 15) is 9.90 Å². The van der Waals surface area contributed by atoms with Crippen LogP contribution in [0.5, 0.6) is 5.75 Å². The van der Waals surface area contributed by atoms with Gasteiger partial charge in [0.15, 0.2) is 5.82 Å². The lowest BCUT2D eigenvalue weighted by molar-refractivity contribution is 0.102. The summed E-state index contributed by atoms with van der Waals surface area (Å²) in [6.07, 6.45) is 0. The first kappa shape index (κ1) is 12.0.